The van der Waals surface area contributed by atoms with Crippen LogP contribution in [0.1, 0.15) is 18.5 Å². The number of nitro benzene ring substituents is 1. The van der Waals surface area contributed by atoms with Crippen LogP contribution in [0.15, 0.2) is 53.4 Å². The van der Waals surface area contributed by atoms with Crippen LogP contribution in [0.25, 0.3) is 0 Å². The maximum absolute atomic E-state index is 13.3. The molecule has 1 amide bonds. The number of nitrogens with one attached hydrogen (secondary N) is 1. The molecule has 9 heteroatoms. The molecule has 1 aliphatic heterocycles. The van der Waals surface area contributed by atoms with E-state index in [2.05, 4.69) is 10.2 Å². The predicted octanol–water partition coefficient (Wildman–Crippen LogP) is 3.40. The van der Waals surface area contributed by atoms with E-state index in [0.29, 0.717) is 19.8 Å². The second-order valence-electron chi connectivity index (χ2n) is 6.97. The van der Waals surface area contributed by atoms with E-state index in [1.165, 1.54) is 36.0 Å². The van der Waals surface area contributed by atoms with E-state index in [-0.39, 0.29) is 28.7 Å². The van der Waals surface area contributed by atoms with Crippen LogP contribution in [0, 0.1) is 15.9 Å². The number of hydrogen-bond donors (Lipinski definition) is 1. The molecule has 0 unspecified atom stereocenters. The fourth-order valence-corrected chi connectivity index (χ4v) is 4.17. The second-order valence-corrected chi connectivity index (χ2v) is 8.39. The van der Waals surface area contributed by atoms with Crippen LogP contribution in [0.5, 0.6) is 0 Å². The summed E-state index contributed by atoms with van der Waals surface area (Å²) < 4.78 is 18.8. The lowest BCUT2D eigenvalue weighted by Gasteiger charge is -2.35. The number of carbonyl (C=O) groups excluding carboxylic acids is 1. The molecule has 1 aliphatic rings. The van der Waals surface area contributed by atoms with Gasteiger partial charge in [-0.1, -0.05) is 12.1 Å². The quantitative estimate of drug-likeness (QED) is 0.390. The number of non-ortho nitro benzene ring substituents is 1. The van der Waals surface area contributed by atoms with Crippen molar-refractivity contribution in [1.82, 2.24) is 10.2 Å². The molecule has 0 aromatic heterocycles. The van der Waals surface area contributed by atoms with Crippen molar-refractivity contribution >= 4 is 23.4 Å². The molecule has 3 rings (SSSR count). The Morgan fingerprint density at radius 2 is 1.83 bits per heavy atom. The Bertz CT molecular complexity index is 858. The Morgan fingerprint density at radius 1 is 1.20 bits per heavy atom. The van der Waals surface area contributed by atoms with Crippen molar-refractivity contribution in [2.24, 2.45) is 0 Å². The van der Waals surface area contributed by atoms with Crippen molar-refractivity contribution < 1.29 is 18.8 Å². The van der Waals surface area contributed by atoms with Crippen molar-refractivity contribution in [3.63, 3.8) is 0 Å². The number of benzene rings is 2. The SMILES string of the molecule is C[C@@H](Sc1ccc([N+](=O)[O-])cc1)C(=O)NC[C@H](c1ccc(F)cc1)N1CCOCC1. The van der Waals surface area contributed by atoms with Gasteiger partial charge in [0.2, 0.25) is 5.91 Å². The first-order valence-electron chi connectivity index (χ1n) is 9.70. The van der Waals surface area contributed by atoms with E-state index in [0.717, 1.165) is 23.5 Å². The Labute approximate surface area is 178 Å². The second kappa shape index (κ2) is 10.5. The molecule has 2 atom stereocenters. The highest BCUT2D eigenvalue weighted by Crippen LogP contribution is 2.26. The Morgan fingerprint density at radius 3 is 2.43 bits per heavy atom. The van der Waals surface area contributed by atoms with Crippen molar-refractivity contribution in [3.8, 4) is 0 Å². The van der Waals surface area contributed by atoms with Gasteiger partial charge in [-0.25, -0.2) is 4.39 Å². The van der Waals surface area contributed by atoms with Crippen molar-refractivity contribution in [1.29, 1.82) is 0 Å². The molecule has 7 nitrogen and oxygen atoms in total. The third-order valence-electron chi connectivity index (χ3n) is 4.94. The van der Waals surface area contributed by atoms with Crippen molar-refractivity contribution in [3.05, 3.63) is 70.0 Å². The zero-order valence-electron chi connectivity index (χ0n) is 16.6. The maximum atomic E-state index is 13.3. The van der Waals surface area contributed by atoms with E-state index in [1.54, 1.807) is 31.2 Å². The number of nitro groups is 1. The van der Waals surface area contributed by atoms with Crippen LogP contribution in [0.4, 0.5) is 10.1 Å². The van der Waals surface area contributed by atoms with Gasteiger partial charge in [-0.3, -0.25) is 19.8 Å². The van der Waals surface area contributed by atoms with Gasteiger partial charge in [0.25, 0.3) is 5.69 Å². The van der Waals surface area contributed by atoms with E-state index in [4.69, 9.17) is 4.74 Å². The first-order valence-corrected chi connectivity index (χ1v) is 10.6. The van der Waals surface area contributed by atoms with Gasteiger partial charge in [-0.15, -0.1) is 11.8 Å². The highest BCUT2D eigenvalue weighted by molar-refractivity contribution is 8.00. The number of carbonyl (C=O) groups is 1. The predicted molar refractivity (Wildman–Crippen MR) is 113 cm³/mol. The Hall–Kier alpha value is -2.49. The van der Waals surface area contributed by atoms with Gasteiger partial charge in [-0.05, 0) is 36.8 Å². The Balaban J connectivity index is 1.61. The molecule has 0 saturated carbocycles. The molecule has 30 heavy (non-hydrogen) atoms. The summed E-state index contributed by atoms with van der Waals surface area (Å²) in [5.74, 6) is -0.421. The monoisotopic (exact) mass is 433 g/mol. The largest absolute Gasteiger partial charge is 0.379 e. The van der Waals surface area contributed by atoms with Gasteiger partial charge in [0.15, 0.2) is 0 Å². The van der Waals surface area contributed by atoms with Gasteiger partial charge in [0.1, 0.15) is 5.82 Å². The van der Waals surface area contributed by atoms with Crippen molar-refractivity contribution in [2.75, 3.05) is 32.8 Å². The van der Waals surface area contributed by atoms with E-state index in [1.807, 2.05) is 0 Å². The molecule has 2 aromatic rings. The first-order chi connectivity index (χ1) is 14.4. The number of thioether (sulfide) groups is 1. The highest BCUT2D eigenvalue weighted by atomic mass is 32.2. The normalized spacial score (nSPS) is 16.6. The van der Waals surface area contributed by atoms with Crippen molar-refractivity contribution in [2.45, 2.75) is 23.1 Å². The third kappa shape index (κ3) is 6.01. The smallest absolute Gasteiger partial charge is 0.269 e. The Kier molecular flexibility index (Phi) is 7.78. The molecule has 1 fully saturated rings. The van der Waals surface area contributed by atoms with Crippen LogP contribution in [0.3, 0.4) is 0 Å². The fraction of sp³-hybridized carbons (Fsp3) is 0.381. The molecule has 160 valence electrons. The maximum Gasteiger partial charge on any atom is 0.269 e. The molecular weight excluding hydrogens is 409 g/mol. The molecule has 0 bridgehead atoms. The zero-order chi connectivity index (χ0) is 21.5. The molecule has 1 saturated heterocycles. The highest BCUT2D eigenvalue weighted by Gasteiger charge is 2.24. The van der Waals surface area contributed by atoms with Gasteiger partial charge < -0.3 is 10.1 Å². The summed E-state index contributed by atoms with van der Waals surface area (Å²) in [5.41, 5.74) is 0.957. The average molecular weight is 434 g/mol. The summed E-state index contributed by atoms with van der Waals surface area (Å²) in [6.07, 6.45) is 0. The van der Waals surface area contributed by atoms with E-state index < -0.39 is 4.92 Å². The summed E-state index contributed by atoms with van der Waals surface area (Å²) in [6, 6.07) is 12.4. The number of halogens is 1. The number of morpholine rings is 1. The van der Waals surface area contributed by atoms with E-state index in [9.17, 15) is 19.3 Å². The third-order valence-corrected chi connectivity index (χ3v) is 6.05. The lowest BCUT2D eigenvalue weighted by Crippen LogP contribution is -2.44. The lowest BCUT2D eigenvalue weighted by molar-refractivity contribution is -0.384. The lowest BCUT2D eigenvalue weighted by atomic mass is 10.0. The minimum atomic E-state index is -0.453. The first kappa shape index (κ1) is 22.2. The zero-order valence-corrected chi connectivity index (χ0v) is 17.4. The molecule has 2 aromatic carbocycles. The van der Waals surface area contributed by atoms with Crippen LogP contribution >= 0.6 is 11.8 Å². The molecule has 1 heterocycles. The van der Waals surface area contributed by atoms with Gasteiger partial charge in [-0.2, -0.15) is 0 Å². The van der Waals surface area contributed by atoms with Crippen LogP contribution in [-0.2, 0) is 9.53 Å². The van der Waals surface area contributed by atoms with Crippen LogP contribution in [0.2, 0.25) is 0 Å². The van der Waals surface area contributed by atoms with Gasteiger partial charge in [0, 0.05) is 36.7 Å². The number of amides is 1. The van der Waals surface area contributed by atoms with E-state index >= 15 is 0 Å². The summed E-state index contributed by atoms with van der Waals surface area (Å²) in [7, 11) is 0. The van der Waals surface area contributed by atoms with Crippen LogP contribution in [-0.4, -0.2) is 53.8 Å². The summed E-state index contributed by atoms with van der Waals surface area (Å²) >= 11 is 1.34. The molecular formula is C21H24FN3O4S. The number of hydrogen-bond acceptors (Lipinski definition) is 6. The topological polar surface area (TPSA) is 84.7 Å². The van der Waals surface area contributed by atoms with Gasteiger partial charge >= 0.3 is 0 Å². The van der Waals surface area contributed by atoms with Crippen LogP contribution < -0.4 is 5.32 Å². The standard InChI is InChI=1S/C21H24FN3O4S/c1-15(30-19-8-6-18(7-9-19)25(27)28)21(26)23-14-20(24-10-12-29-13-11-24)16-2-4-17(22)5-3-16/h2-9,15,20H,10-14H2,1H3,(H,23,26)/t15-,20-/m1/s1. The molecule has 0 radical (unpaired) electrons. The number of rotatable bonds is 8. The summed E-state index contributed by atoms with van der Waals surface area (Å²) in [5, 5.41) is 13.4. The van der Waals surface area contributed by atoms with Gasteiger partial charge in [0.05, 0.1) is 29.4 Å². The minimum absolute atomic E-state index is 0.0177. The molecule has 0 aliphatic carbocycles. The molecule has 0 spiro atoms. The average Bonchev–Trinajstić information content (AvgIpc) is 2.76. The fourth-order valence-electron chi connectivity index (χ4n) is 3.28. The minimum Gasteiger partial charge on any atom is -0.379 e. The molecule has 1 N–H and O–H groups in total. The summed E-state index contributed by atoms with van der Waals surface area (Å²) in [6.45, 7) is 4.92. The number of ether oxygens (including phenoxy) is 1. The number of nitrogens with zero attached hydrogens (tertiary/aromatic N) is 2. The summed E-state index contributed by atoms with van der Waals surface area (Å²) in [4.78, 5) is 26.0.